The second-order valence-corrected chi connectivity index (χ2v) is 11.1. The third kappa shape index (κ3) is 5.25. The van der Waals surface area contributed by atoms with Gasteiger partial charge in [0, 0.05) is 59.1 Å². The molecule has 1 unspecified atom stereocenters. The van der Waals surface area contributed by atoms with Crippen molar-refractivity contribution in [3.05, 3.63) is 136 Å². The van der Waals surface area contributed by atoms with Crippen molar-refractivity contribution in [3.63, 3.8) is 0 Å². The number of phenols is 1. The van der Waals surface area contributed by atoms with Crippen LogP contribution in [0.4, 0.5) is 4.79 Å². The van der Waals surface area contributed by atoms with Crippen LogP contribution in [0.3, 0.4) is 0 Å². The zero-order chi connectivity index (χ0) is 30.2. The number of aromatic nitrogens is 2. The van der Waals surface area contributed by atoms with Gasteiger partial charge in [-0.05, 0) is 64.0 Å². The third-order valence-electron chi connectivity index (χ3n) is 8.21. The summed E-state index contributed by atoms with van der Waals surface area (Å²) in [5.74, 6) is -0.00438. The summed E-state index contributed by atoms with van der Waals surface area (Å²) in [4.78, 5) is 27.2. The van der Waals surface area contributed by atoms with Crippen molar-refractivity contribution in [2.75, 3.05) is 0 Å². The molecule has 0 spiro atoms. The number of hydrogen-bond donors (Lipinski definition) is 5. The van der Waals surface area contributed by atoms with Gasteiger partial charge >= 0.3 is 6.09 Å². The molecule has 0 saturated carbocycles. The number of nitrogens with one attached hydrogen (secondary N) is 3. The lowest BCUT2D eigenvalue weighted by molar-refractivity contribution is 0.0960. The number of nitrogens with zero attached hydrogens (tertiary/aromatic N) is 1. The summed E-state index contributed by atoms with van der Waals surface area (Å²) < 4.78 is 7.10. The normalized spacial score (nSPS) is 14.2. The Balaban J connectivity index is 1.09. The van der Waals surface area contributed by atoms with E-state index in [2.05, 4.69) is 56.7 Å². The molecule has 6 N–H and O–H groups in total. The van der Waals surface area contributed by atoms with Crippen LogP contribution >= 0.6 is 0 Å². The predicted molar refractivity (Wildman–Crippen MR) is 168 cm³/mol. The Bertz CT molecular complexity index is 2030. The number of phenolic OH excluding ortho intramolecular Hbond substituents is 1. The molecule has 0 saturated heterocycles. The number of benzene rings is 4. The van der Waals surface area contributed by atoms with Crippen LogP contribution in [0.25, 0.3) is 21.8 Å². The minimum Gasteiger partial charge on any atom is -0.508 e. The van der Waals surface area contributed by atoms with E-state index in [1.165, 1.54) is 0 Å². The summed E-state index contributed by atoms with van der Waals surface area (Å²) in [6.07, 6.45) is 1.31. The molecule has 9 nitrogen and oxygen atoms in total. The third-order valence-corrected chi connectivity index (χ3v) is 8.21. The van der Waals surface area contributed by atoms with Crippen molar-refractivity contribution < 1.29 is 19.4 Å². The number of aromatic amines is 1. The largest absolute Gasteiger partial charge is 0.508 e. The molecule has 2 aromatic heterocycles. The standard InChI is InChI=1S/C35H31N5O4/c36-35(43)44-20-22-7-5-21(6-8-22)19-40-14-13-24-10-9-23(15-31(24)40)17-37-18-30-32(27-3-1-2-4-29(27)38-30)33-28-16-25(41)11-12-26(28)34(42)39-33/h1-16,33,37-38,41H,17-20H2,(H2,36,43)(H,39,42). The van der Waals surface area contributed by atoms with Crippen LogP contribution in [0.1, 0.15) is 49.9 Å². The van der Waals surface area contributed by atoms with E-state index >= 15 is 0 Å². The van der Waals surface area contributed by atoms with E-state index in [1.54, 1.807) is 18.2 Å². The first-order valence-electron chi connectivity index (χ1n) is 14.4. The maximum absolute atomic E-state index is 12.8. The number of aromatic hydroxyl groups is 1. The fourth-order valence-electron chi connectivity index (χ4n) is 6.10. The highest BCUT2D eigenvalue weighted by Gasteiger charge is 2.33. The molecule has 3 heterocycles. The van der Waals surface area contributed by atoms with E-state index in [1.807, 2.05) is 42.5 Å². The molecule has 4 aromatic carbocycles. The van der Waals surface area contributed by atoms with Crippen LogP contribution in [0.15, 0.2) is 97.2 Å². The molecule has 2 amide bonds. The Morgan fingerprint density at radius 1 is 0.932 bits per heavy atom. The van der Waals surface area contributed by atoms with Gasteiger partial charge in [0.15, 0.2) is 0 Å². The Morgan fingerprint density at radius 2 is 1.73 bits per heavy atom. The first kappa shape index (κ1) is 27.3. The number of hydrogen-bond acceptors (Lipinski definition) is 5. The van der Waals surface area contributed by atoms with E-state index in [9.17, 15) is 14.7 Å². The predicted octanol–water partition coefficient (Wildman–Crippen LogP) is 5.59. The van der Waals surface area contributed by atoms with Gasteiger partial charge in [0.2, 0.25) is 0 Å². The van der Waals surface area contributed by atoms with Crippen molar-refractivity contribution in [2.24, 2.45) is 5.73 Å². The fraction of sp³-hybridized carbons (Fsp3) is 0.143. The van der Waals surface area contributed by atoms with Gasteiger partial charge in [-0.3, -0.25) is 4.79 Å². The van der Waals surface area contributed by atoms with E-state index in [4.69, 9.17) is 10.5 Å². The number of carbonyl (C=O) groups excluding carboxylic acids is 2. The van der Waals surface area contributed by atoms with E-state index in [0.29, 0.717) is 25.2 Å². The van der Waals surface area contributed by atoms with Crippen LogP contribution < -0.4 is 16.4 Å². The highest BCUT2D eigenvalue weighted by Crippen LogP contribution is 2.38. The average Bonchev–Trinajstić information content (AvgIpc) is 3.69. The molecule has 1 atom stereocenters. The molecule has 6 aromatic rings. The van der Waals surface area contributed by atoms with Gasteiger partial charge in [-0.2, -0.15) is 0 Å². The highest BCUT2D eigenvalue weighted by atomic mass is 16.5. The molecule has 9 heteroatoms. The van der Waals surface area contributed by atoms with Crippen molar-refractivity contribution in [3.8, 4) is 5.75 Å². The Labute approximate surface area is 253 Å². The summed E-state index contributed by atoms with van der Waals surface area (Å²) in [6, 6.07) is 29.1. The van der Waals surface area contributed by atoms with Gasteiger partial charge in [-0.25, -0.2) is 4.79 Å². The number of fused-ring (bicyclic) bond motifs is 3. The van der Waals surface area contributed by atoms with Crippen LogP contribution in [0, 0.1) is 0 Å². The average molecular weight is 586 g/mol. The second-order valence-electron chi connectivity index (χ2n) is 11.1. The monoisotopic (exact) mass is 585 g/mol. The van der Waals surface area contributed by atoms with Crippen molar-refractivity contribution in [2.45, 2.75) is 32.3 Å². The first-order valence-corrected chi connectivity index (χ1v) is 14.4. The fourth-order valence-corrected chi connectivity index (χ4v) is 6.10. The summed E-state index contributed by atoms with van der Waals surface area (Å²) in [5.41, 5.74) is 13.7. The Kier molecular flexibility index (Phi) is 7.00. The molecule has 0 aliphatic carbocycles. The molecule has 220 valence electrons. The van der Waals surface area contributed by atoms with Gasteiger partial charge in [0.25, 0.3) is 5.91 Å². The molecule has 1 aliphatic heterocycles. The molecule has 1 aliphatic rings. The maximum Gasteiger partial charge on any atom is 0.404 e. The number of nitrogens with two attached hydrogens (primary N) is 1. The number of rotatable bonds is 9. The molecular weight excluding hydrogens is 554 g/mol. The Morgan fingerprint density at radius 3 is 2.57 bits per heavy atom. The lowest BCUT2D eigenvalue weighted by Gasteiger charge is -2.15. The van der Waals surface area contributed by atoms with Gasteiger partial charge in [0.1, 0.15) is 12.4 Å². The molecular formula is C35H31N5O4. The zero-order valence-electron chi connectivity index (χ0n) is 23.8. The molecule has 44 heavy (non-hydrogen) atoms. The number of para-hydroxylation sites is 1. The number of H-pyrrole nitrogens is 1. The van der Waals surface area contributed by atoms with E-state index in [0.717, 1.165) is 55.3 Å². The quantitative estimate of drug-likeness (QED) is 0.151. The Hall–Kier alpha value is -5.54. The van der Waals surface area contributed by atoms with Crippen LogP contribution in [-0.4, -0.2) is 26.7 Å². The first-order chi connectivity index (χ1) is 21.4. The lowest BCUT2D eigenvalue weighted by atomic mass is 9.95. The number of primary amides is 1. The minimum absolute atomic E-state index is 0.136. The molecule has 0 radical (unpaired) electrons. The number of carbonyl (C=O) groups is 2. The van der Waals surface area contributed by atoms with E-state index < -0.39 is 6.09 Å². The minimum atomic E-state index is -0.783. The van der Waals surface area contributed by atoms with Gasteiger partial charge in [0.05, 0.1) is 6.04 Å². The maximum atomic E-state index is 12.8. The second kappa shape index (κ2) is 11.3. The SMILES string of the molecule is NC(=O)OCc1ccc(Cn2ccc3ccc(CNCc4[nH]c5ccccc5c4C4NC(=O)c5ccc(O)cc54)cc32)cc1. The van der Waals surface area contributed by atoms with Crippen LogP contribution in [-0.2, 0) is 31.0 Å². The molecule has 0 fully saturated rings. The highest BCUT2D eigenvalue weighted by molar-refractivity contribution is 6.01. The van der Waals surface area contributed by atoms with Crippen molar-refractivity contribution >= 4 is 33.8 Å². The van der Waals surface area contributed by atoms with Gasteiger partial charge in [-0.15, -0.1) is 0 Å². The smallest absolute Gasteiger partial charge is 0.404 e. The summed E-state index contributed by atoms with van der Waals surface area (Å²) in [5, 5.41) is 19.1. The van der Waals surface area contributed by atoms with Crippen LogP contribution in [0.2, 0.25) is 0 Å². The van der Waals surface area contributed by atoms with Crippen molar-refractivity contribution in [1.29, 1.82) is 0 Å². The number of amides is 2. The molecule has 0 bridgehead atoms. The van der Waals surface area contributed by atoms with Gasteiger partial charge in [-0.1, -0.05) is 54.6 Å². The summed E-state index contributed by atoms with van der Waals surface area (Å²) in [7, 11) is 0. The zero-order valence-corrected chi connectivity index (χ0v) is 23.8. The van der Waals surface area contributed by atoms with E-state index in [-0.39, 0.29) is 24.3 Å². The van der Waals surface area contributed by atoms with Crippen LogP contribution in [0.5, 0.6) is 5.75 Å². The molecule has 7 rings (SSSR count). The van der Waals surface area contributed by atoms with Crippen molar-refractivity contribution in [1.82, 2.24) is 20.2 Å². The van der Waals surface area contributed by atoms with Gasteiger partial charge < -0.3 is 35.8 Å². The summed E-state index contributed by atoms with van der Waals surface area (Å²) in [6.45, 7) is 2.08. The number of ether oxygens (including phenoxy) is 1. The summed E-state index contributed by atoms with van der Waals surface area (Å²) >= 11 is 0. The topological polar surface area (TPSA) is 134 Å². The lowest BCUT2D eigenvalue weighted by Crippen LogP contribution is -2.22.